The molecule has 0 unspecified atom stereocenters. The SMILES string of the molecule is Cc1cc(C)c(-c2cc3c4c(c2)-n2c5ccccc5c5cccc(c52)B4N(c2ccccc2C)c2c-3ccc3c4ccccc4n(-c4ccccc4)c23)c(C)c1. The van der Waals surface area contributed by atoms with Crippen molar-refractivity contribution in [2.24, 2.45) is 0 Å². The van der Waals surface area contributed by atoms with Crippen LogP contribution in [0.25, 0.3) is 77.2 Å². The van der Waals surface area contributed by atoms with Crippen molar-refractivity contribution in [1.82, 2.24) is 9.13 Å². The van der Waals surface area contributed by atoms with E-state index >= 15 is 0 Å². The Balaban J connectivity index is 1.33. The molecule has 0 aliphatic carbocycles. The number of nitrogens with zero attached hydrogens (tertiary/aromatic N) is 3. The van der Waals surface area contributed by atoms with Gasteiger partial charge in [0.1, 0.15) is 0 Å². The molecular formula is C52H38BN3. The molecule has 0 radical (unpaired) electrons. The Labute approximate surface area is 326 Å². The first-order valence-electron chi connectivity index (χ1n) is 19.7. The molecule has 0 amide bonds. The van der Waals surface area contributed by atoms with Gasteiger partial charge in [0, 0.05) is 44.2 Å². The maximum Gasteiger partial charge on any atom is 0.333 e. The Morgan fingerprint density at radius 1 is 0.446 bits per heavy atom. The smallest absolute Gasteiger partial charge is 0.333 e. The molecule has 0 atom stereocenters. The minimum absolute atomic E-state index is 0.0730. The van der Waals surface area contributed by atoms with Crippen LogP contribution in [0.4, 0.5) is 11.4 Å². The fraction of sp³-hybridized carbons (Fsp3) is 0.0769. The molecule has 0 fully saturated rings. The van der Waals surface area contributed by atoms with Gasteiger partial charge in [-0.25, -0.2) is 0 Å². The van der Waals surface area contributed by atoms with E-state index in [2.05, 4.69) is 199 Å². The largest absolute Gasteiger partial charge is 0.374 e. The van der Waals surface area contributed by atoms with E-state index in [-0.39, 0.29) is 6.85 Å². The van der Waals surface area contributed by atoms with Gasteiger partial charge in [-0.2, -0.15) is 0 Å². The van der Waals surface area contributed by atoms with E-state index in [1.807, 2.05) is 0 Å². The second-order valence-corrected chi connectivity index (χ2v) is 15.9. The molecule has 0 saturated carbocycles. The van der Waals surface area contributed by atoms with Crippen molar-refractivity contribution in [3.8, 4) is 33.6 Å². The molecule has 2 aromatic heterocycles. The third kappa shape index (κ3) is 4.08. The molecule has 2 aliphatic rings. The van der Waals surface area contributed by atoms with Crippen LogP contribution in [0.2, 0.25) is 0 Å². The molecule has 12 rings (SSSR count). The lowest BCUT2D eigenvalue weighted by atomic mass is 9.43. The molecular weight excluding hydrogens is 677 g/mol. The first kappa shape index (κ1) is 31.6. The van der Waals surface area contributed by atoms with Crippen LogP contribution in [0.5, 0.6) is 0 Å². The molecule has 8 aromatic carbocycles. The summed E-state index contributed by atoms with van der Waals surface area (Å²) in [6, 6.07) is 59.3. The van der Waals surface area contributed by atoms with Gasteiger partial charge in [0.25, 0.3) is 0 Å². The number of fused-ring (bicyclic) bond motifs is 11. The van der Waals surface area contributed by atoms with Crippen LogP contribution < -0.4 is 15.7 Å². The van der Waals surface area contributed by atoms with E-state index in [0.717, 1.165) is 5.69 Å². The van der Waals surface area contributed by atoms with E-state index in [9.17, 15) is 0 Å². The lowest BCUT2D eigenvalue weighted by Crippen LogP contribution is -2.60. The van der Waals surface area contributed by atoms with E-state index < -0.39 is 0 Å². The fourth-order valence-electron chi connectivity index (χ4n) is 10.6. The van der Waals surface area contributed by atoms with E-state index in [4.69, 9.17) is 0 Å². The highest BCUT2D eigenvalue weighted by Crippen LogP contribution is 2.51. The highest BCUT2D eigenvalue weighted by Gasteiger charge is 2.45. The molecule has 4 heteroatoms. The van der Waals surface area contributed by atoms with Gasteiger partial charge < -0.3 is 13.9 Å². The van der Waals surface area contributed by atoms with Crippen LogP contribution in [0.3, 0.4) is 0 Å². The summed E-state index contributed by atoms with van der Waals surface area (Å²) in [5.41, 5.74) is 22.9. The maximum atomic E-state index is 2.70. The Kier molecular flexibility index (Phi) is 6.41. The van der Waals surface area contributed by atoms with Crippen LogP contribution in [0.15, 0.2) is 158 Å². The third-order valence-electron chi connectivity index (χ3n) is 12.6. The summed E-state index contributed by atoms with van der Waals surface area (Å²) < 4.78 is 5.09. The minimum atomic E-state index is -0.0730. The third-order valence-corrected chi connectivity index (χ3v) is 12.6. The summed E-state index contributed by atoms with van der Waals surface area (Å²) >= 11 is 0. The van der Waals surface area contributed by atoms with Crippen LogP contribution in [0, 0.1) is 27.7 Å². The summed E-state index contributed by atoms with van der Waals surface area (Å²) in [4.78, 5) is 2.70. The Morgan fingerprint density at radius 2 is 1.09 bits per heavy atom. The number of benzene rings is 8. The van der Waals surface area contributed by atoms with Crippen LogP contribution in [-0.2, 0) is 0 Å². The first-order valence-corrected chi connectivity index (χ1v) is 19.7. The zero-order valence-electron chi connectivity index (χ0n) is 31.9. The monoisotopic (exact) mass is 715 g/mol. The van der Waals surface area contributed by atoms with E-state index in [1.54, 1.807) is 0 Å². The maximum absolute atomic E-state index is 2.70. The van der Waals surface area contributed by atoms with Gasteiger partial charge in [-0.3, -0.25) is 0 Å². The minimum Gasteiger partial charge on any atom is -0.374 e. The van der Waals surface area contributed by atoms with Crippen LogP contribution >= 0.6 is 0 Å². The molecule has 0 saturated heterocycles. The summed E-state index contributed by atoms with van der Waals surface area (Å²) in [5, 5.41) is 5.10. The highest BCUT2D eigenvalue weighted by molar-refractivity contribution is 6.94. The van der Waals surface area contributed by atoms with Crippen molar-refractivity contribution in [2.75, 3.05) is 4.81 Å². The van der Waals surface area contributed by atoms with Crippen molar-refractivity contribution < 1.29 is 0 Å². The fourth-order valence-corrected chi connectivity index (χ4v) is 10.6. The van der Waals surface area contributed by atoms with Crippen LogP contribution in [0.1, 0.15) is 22.3 Å². The zero-order chi connectivity index (χ0) is 37.4. The molecule has 0 spiro atoms. The van der Waals surface area contributed by atoms with Gasteiger partial charge in [0.15, 0.2) is 0 Å². The molecule has 3 nitrogen and oxygen atoms in total. The summed E-state index contributed by atoms with van der Waals surface area (Å²) in [6.45, 7) is 8.95. The quantitative estimate of drug-likeness (QED) is 0.166. The average Bonchev–Trinajstić information content (AvgIpc) is 3.74. The van der Waals surface area contributed by atoms with Crippen molar-refractivity contribution in [3.05, 3.63) is 180 Å². The normalized spacial score (nSPS) is 12.9. The topological polar surface area (TPSA) is 13.1 Å². The van der Waals surface area contributed by atoms with Gasteiger partial charge in [-0.05, 0) is 114 Å². The first-order chi connectivity index (χ1) is 27.5. The lowest BCUT2D eigenvalue weighted by molar-refractivity contribution is 1.16. The highest BCUT2D eigenvalue weighted by atomic mass is 15.1. The number of hydrogen-bond acceptors (Lipinski definition) is 1. The van der Waals surface area contributed by atoms with Crippen molar-refractivity contribution in [1.29, 1.82) is 0 Å². The summed E-state index contributed by atoms with van der Waals surface area (Å²) in [5.74, 6) is 0. The van der Waals surface area contributed by atoms with Crippen molar-refractivity contribution in [2.45, 2.75) is 27.7 Å². The predicted octanol–water partition coefficient (Wildman–Crippen LogP) is 12.0. The van der Waals surface area contributed by atoms with E-state index in [0.29, 0.717) is 0 Å². The van der Waals surface area contributed by atoms with Gasteiger partial charge >= 0.3 is 6.85 Å². The number of rotatable bonds is 3. The Hall–Kier alpha value is -6.78. The predicted molar refractivity (Wildman–Crippen MR) is 239 cm³/mol. The van der Waals surface area contributed by atoms with Gasteiger partial charge in [-0.1, -0.05) is 121 Å². The summed E-state index contributed by atoms with van der Waals surface area (Å²) in [6.07, 6.45) is 0. The molecule has 10 aromatic rings. The molecule has 2 aliphatic heterocycles. The molecule has 56 heavy (non-hydrogen) atoms. The second kappa shape index (κ2) is 11.4. The Morgan fingerprint density at radius 3 is 1.84 bits per heavy atom. The van der Waals surface area contributed by atoms with Crippen molar-refractivity contribution >= 4 is 72.8 Å². The lowest BCUT2D eigenvalue weighted by Gasteiger charge is -2.43. The molecule has 0 N–H and O–H groups in total. The van der Waals surface area contributed by atoms with E-state index in [1.165, 1.54) is 116 Å². The van der Waals surface area contributed by atoms with Gasteiger partial charge in [0.2, 0.25) is 0 Å². The number of para-hydroxylation sites is 5. The average molecular weight is 716 g/mol. The summed E-state index contributed by atoms with van der Waals surface area (Å²) in [7, 11) is 0. The van der Waals surface area contributed by atoms with Crippen LogP contribution in [-0.4, -0.2) is 16.0 Å². The number of anilines is 2. The molecule has 0 bridgehead atoms. The van der Waals surface area contributed by atoms with Gasteiger partial charge in [-0.15, -0.1) is 0 Å². The Bertz CT molecular complexity index is 3290. The zero-order valence-corrected chi connectivity index (χ0v) is 31.9. The standard InChI is InChI=1S/C52H38BN3/c1-31-27-33(3)48(34(4)28-31)35-29-42-41-26-25-40-38-19-9-12-23-45(38)54(36-16-6-5-7-17-36)51(40)52(41)56(44-22-11-8-15-32(44)2)53-43-21-14-20-39-37-18-10-13-24-46(37)55(50(39)43)47(30-35)49(42)53/h5-30H,1-4H3. The molecule has 4 heterocycles. The van der Waals surface area contributed by atoms with Gasteiger partial charge in [0.05, 0.1) is 27.8 Å². The van der Waals surface area contributed by atoms with Crippen molar-refractivity contribution in [3.63, 3.8) is 0 Å². The number of aromatic nitrogens is 2. The number of hydrogen-bond donors (Lipinski definition) is 0. The second-order valence-electron chi connectivity index (χ2n) is 15.9. The number of aryl methyl sites for hydroxylation is 4. The molecule has 264 valence electrons.